The number of dihydropyridines is 1. The number of rotatable bonds is 0. The van der Waals surface area contributed by atoms with Crippen LogP contribution in [0.25, 0.3) is 0 Å². The lowest BCUT2D eigenvalue weighted by molar-refractivity contribution is 0.520. The van der Waals surface area contributed by atoms with E-state index in [0.717, 1.165) is 5.71 Å². The standard InChI is InChI=1S/C8H12N4/c1-4-3-5(2)10-8-6(4)7(9)11-12-8/h3,6,8,12H,1-2H3,(H2,9,11). The van der Waals surface area contributed by atoms with Crippen LogP contribution in [-0.2, 0) is 0 Å². The van der Waals surface area contributed by atoms with Crippen molar-refractivity contribution in [1.82, 2.24) is 10.9 Å². The SMILES string of the molecule is CC1=CC(C)=NC2NNC(=N)C12. The maximum atomic E-state index is 7.59. The molecular weight excluding hydrogens is 152 g/mol. The molecule has 1 fully saturated rings. The Morgan fingerprint density at radius 3 is 3.00 bits per heavy atom. The number of hydrogen-bond acceptors (Lipinski definition) is 3. The number of nitrogens with one attached hydrogen (secondary N) is 3. The number of amidine groups is 1. The van der Waals surface area contributed by atoms with Gasteiger partial charge in [-0.2, -0.15) is 0 Å². The van der Waals surface area contributed by atoms with Gasteiger partial charge in [0.05, 0.1) is 5.92 Å². The number of hydrogen-bond donors (Lipinski definition) is 3. The summed E-state index contributed by atoms with van der Waals surface area (Å²) in [5.41, 5.74) is 7.99. The van der Waals surface area contributed by atoms with Crippen molar-refractivity contribution in [2.24, 2.45) is 10.9 Å². The van der Waals surface area contributed by atoms with E-state index in [0.29, 0.717) is 5.84 Å². The van der Waals surface area contributed by atoms with Crippen LogP contribution in [0.2, 0.25) is 0 Å². The van der Waals surface area contributed by atoms with Crippen LogP contribution in [-0.4, -0.2) is 17.7 Å². The first-order valence-electron chi connectivity index (χ1n) is 4.01. The Kier molecular flexibility index (Phi) is 1.51. The van der Waals surface area contributed by atoms with Gasteiger partial charge < -0.3 is 5.43 Å². The van der Waals surface area contributed by atoms with Crippen molar-refractivity contribution in [2.75, 3.05) is 0 Å². The van der Waals surface area contributed by atoms with E-state index >= 15 is 0 Å². The molecule has 2 unspecified atom stereocenters. The second-order valence-corrected chi connectivity index (χ2v) is 3.26. The lowest BCUT2D eigenvalue weighted by Gasteiger charge is -2.19. The molecule has 0 saturated carbocycles. The summed E-state index contributed by atoms with van der Waals surface area (Å²) in [4.78, 5) is 4.37. The monoisotopic (exact) mass is 164 g/mol. The van der Waals surface area contributed by atoms with E-state index in [2.05, 4.69) is 15.8 Å². The average molecular weight is 164 g/mol. The molecule has 1 saturated heterocycles. The van der Waals surface area contributed by atoms with Crippen molar-refractivity contribution >= 4 is 11.5 Å². The zero-order valence-corrected chi connectivity index (χ0v) is 7.18. The molecule has 3 N–H and O–H groups in total. The van der Waals surface area contributed by atoms with Crippen molar-refractivity contribution < 1.29 is 0 Å². The quantitative estimate of drug-likeness (QED) is 0.486. The molecule has 4 heteroatoms. The molecule has 0 amide bonds. The fraction of sp³-hybridized carbons (Fsp3) is 0.500. The highest BCUT2D eigenvalue weighted by Gasteiger charge is 2.34. The Labute approximate surface area is 71.2 Å². The largest absolute Gasteiger partial charge is 0.307 e. The van der Waals surface area contributed by atoms with Crippen LogP contribution in [0, 0.1) is 11.3 Å². The summed E-state index contributed by atoms with van der Waals surface area (Å²) in [6, 6.07) is 0. The summed E-state index contributed by atoms with van der Waals surface area (Å²) in [5.74, 6) is 0.638. The molecule has 12 heavy (non-hydrogen) atoms. The van der Waals surface area contributed by atoms with Gasteiger partial charge in [-0.15, -0.1) is 0 Å². The first kappa shape index (κ1) is 7.49. The van der Waals surface area contributed by atoms with E-state index in [1.165, 1.54) is 5.57 Å². The third kappa shape index (κ3) is 0.956. The first-order valence-corrected chi connectivity index (χ1v) is 4.01. The van der Waals surface area contributed by atoms with Crippen LogP contribution >= 0.6 is 0 Å². The van der Waals surface area contributed by atoms with Crippen LogP contribution in [0.15, 0.2) is 16.6 Å². The zero-order chi connectivity index (χ0) is 8.72. The molecule has 0 aromatic carbocycles. The molecule has 4 nitrogen and oxygen atoms in total. The van der Waals surface area contributed by atoms with Crippen LogP contribution in [0.1, 0.15) is 13.8 Å². The molecular formula is C8H12N4. The molecule has 0 aromatic rings. The molecule has 64 valence electrons. The highest BCUT2D eigenvalue weighted by atomic mass is 15.5. The zero-order valence-electron chi connectivity index (χ0n) is 7.18. The fourth-order valence-corrected chi connectivity index (χ4v) is 1.73. The van der Waals surface area contributed by atoms with Gasteiger partial charge in [-0.25, -0.2) is 5.43 Å². The lowest BCUT2D eigenvalue weighted by Crippen LogP contribution is -2.32. The van der Waals surface area contributed by atoms with Gasteiger partial charge in [0.2, 0.25) is 0 Å². The highest BCUT2D eigenvalue weighted by molar-refractivity contribution is 5.98. The third-order valence-corrected chi connectivity index (χ3v) is 2.25. The summed E-state index contributed by atoms with van der Waals surface area (Å²) in [6.07, 6.45) is 2.06. The molecule has 0 bridgehead atoms. The average Bonchev–Trinajstić information content (AvgIpc) is 2.31. The molecule has 0 radical (unpaired) electrons. The van der Waals surface area contributed by atoms with E-state index in [1.54, 1.807) is 0 Å². The van der Waals surface area contributed by atoms with Gasteiger partial charge in [-0.3, -0.25) is 10.4 Å². The molecule has 0 spiro atoms. The van der Waals surface area contributed by atoms with Gasteiger partial charge >= 0.3 is 0 Å². The summed E-state index contributed by atoms with van der Waals surface area (Å²) in [6.45, 7) is 4.02. The Bertz CT molecular complexity index is 289. The van der Waals surface area contributed by atoms with E-state index in [4.69, 9.17) is 5.41 Å². The molecule has 2 heterocycles. The molecule has 2 atom stereocenters. The lowest BCUT2D eigenvalue weighted by atomic mass is 9.94. The minimum Gasteiger partial charge on any atom is -0.307 e. The van der Waals surface area contributed by atoms with Crippen molar-refractivity contribution in [3.8, 4) is 0 Å². The van der Waals surface area contributed by atoms with Gasteiger partial charge in [0, 0.05) is 5.71 Å². The molecule has 2 aliphatic heterocycles. The number of aliphatic imine (C=N–C) groups is 1. The molecule has 0 aromatic heterocycles. The molecule has 2 rings (SSSR count). The highest BCUT2D eigenvalue weighted by Crippen LogP contribution is 2.23. The Hall–Kier alpha value is -1.16. The minimum atomic E-state index is 0.0301. The second kappa shape index (κ2) is 2.42. The van der Waals surface area contributed by atoms with Crippen LogP contribution < -0.4 is 10.9 Å². The van der Waals surface area contributed by atoms with E-state index in [9.17, 15) is 0 Å². The smallest absolute Gasteiger partial charge is 0.130 e. The van der Waals surface area contributed by atoms with Gasteiger partial charge in [-0.1, -0.05) is 5.57 Å². The number of fused-ring (bicyclic) bond motifs is 1. The normalized spacial score (nSPS) is 33.7. The maximum absolute atomic E-state index is 7.59. The summed E-state index contributed by atoms with van der Waals surface area (Å²) < 4.78 is 0. The predicted molar refractivity (Wildman–Crippen MR) is 48.1 cm³/mol. The third-order valence-electron chi connectivity index (χ3n) is 2.25. The van der Waals surface area contributed by atoms with Crippen LogP contribution in [0.5, 0.6) is 0 Å². The molecule has 0 aliphatic carbocycles. The second-order valence-electron chi connectivity index (χ2n) is 3.26. The topological polar surface area (TPSA) is 60.3 Å². The summed E-state index contributed by atoms with van der Waals surface area (Å²) in [5, 5.41) is 7.59. The minimum absolute atomic E-state index is 0.0301. The maximum Gasteiger partial charge on any atom is 0.130 e. The van der Waals surface area contributed by atoms with Crippen molar-refractivity contribution in [3.63, 3.8) is 0 Å². The fourth-order valence-electron chi connectivity index (χ4n) is 1.73. The van der Waals surface area contributed by atoms with E-state index in [1.807, 2.05) is 19.9 Å². The van der Waals surface area contributed by atoms with Crippen LogP contribution in [0.4, 0.5) is 0 Å². The van der Waals surface area contributed by atoms with Gasteiger partial charge in [0.15, 0.2) is 0 Å². The predicted octanol–water partition coefficient (Wildman–Crippen LogP) is 0.435. The summed E-state index contributed by atoms with van der Waals surface area (Å²) in [7, 11) is 0. The molecule has 2 aliphatic rings. The van der Waals surface area contributed by atoms with Gasteiger partial charge in [0.1, 0.15) is 12.0 Å². The van der Waals surface area contributed by atoms with Crippen molar-refractivity contribution in [3.05, 3.63) is 11.6 Å². The number of hydrazine groups is 1. The first-order chi connectivity index (χ1) is 5.68. The van der Waals surface area contributed by atoms with Gasteiger partial charge in [-0.05, 0) is 19.9 Å². The Balaban J connectivity index is 2.36. The van der Waals surface area contributed by atoms with Crippen LogP contribution in [0.3, 0.4) is 0 Å². The van der Waals surface area contributed by atoms with Crippen molar-refractivity contribution in [2.45, 2.75) is 20.0 Å². The van der Waals surface area contributed by atoms with Crippen molar-refractivity contribution in [1.29, 1.82) is 5.41 Å². The van der Waals surface area contributed by atoms with Gasteiger partial charge in [0.25, 0.3) is 0 Å². The van der Waals surface area contributed by atoms with E-state index in [-0.39, 0.29) is 12.1 Å². The van der Waals surface area contributed by atoms with E-state index < -0.39 is 0 Å². The Morgan fingerprint density at radius 2 is 2.25 bits per heavy atom. The summed E-state index contributed by atoms with van der Waals surface area (Å²) >= 11 is 0. The number of allylic oxidation sites excluding steroid dienone is 1. The number of nitrogens with zero attached hydrogens (tertiary/aromatic N) is 1. The Morgan fingerprint density at radius 1 is 1.50 bits per heavy atom.